The lowest BCUT2D eigenvalue weighted by Gasteiger charge is -2.14. The standard InChI is InChI=1S/C15H17N3O3S/c1-15(2,3)11-8-22-12(18-11)7-17-13(19)9-4-5-16-10(6-9)14(20)21/h4-6,8H,7H2,1-3H3,(H,17,19)(H,20,21). The van der Waals surface area contributed by atoms with E-state index in [0.717, 1.165) is 10.7 Å². The molecule has 7 heteroatoms. The van der Waals surface area contributed by atoms with Gasteiger partial charge in [0.1, 0.15) is 10.7 Å². The number of aromatic nitrogens is 2. The summed E-state index contributed by atoms with van der Waals surface area (Å²) in [5.41, 5.74) is 1.07. The lowest BCUT2D eigenvalue weighted by Crippen LogP contribution is -2.23. The molecule has 0 saturated heterocycles. The van der Waals surface area contributed by atoms with Crippen LogP contribution in [0.2, 0.25) is 0 Å². The number of carboxylic acids is 1. The monoisotopic (exact) mass is 319 g/mol. The molecule has 0 bridgehead atoms. The highest BCUT2D eigenvalue weighted by Gasteiger charge is 2.17. The van der Waals surface area contributed by atoms with E-state index in [0.29, 0.717) is 6.54 Å². The number of pyridine rings is 1. The van der Waals surface area contributed by atoms with E-state index in [4.69, 9.17) is 5.11 Å². The summed E-state index contributed by atoms with van der Waals surface area (Å²) in [6.07, 6.45) is 1.31. The Morgan fingerprint density at radius 3 is 2.68 bits per heavy atom. The van der Waals surface area contributed by atoms with Gasteiger partial charge in [0.2, 0.25) is 0 Å². The second kappa shape index (κ2) is 6.23. The number of nitrogens with one attached hydrogen (secondary N) is 1. The number of carboxylic acid groups (broad SMARTS) is 1. The Kier molecular flexibility index (Phi) is 4.56. The average molecular weight is 319 g/mol. The van der Waals surface area contributed by atoms with E-state index in [1.807, 2.05) is 5.38 Å². The molecule has 2 heterocycles. The molecular weight excluding hydrogens is 302 g/mol. The molecule has 1 amide bonds. The summed E-state index contributed by atoms with van der Waals surface area (Å²) < 4.78 is 0. The Balaban J connectivity index is 2.02. The minimum absolute atomic E-state index is 0.0275. The fraction of sp³-hybridized carbons (Fsp3) is 0.333. The Labute approximate surface area is 132 Å². The molecule has 0 fully saturated rings. The van der Waals surface area contributed by atoms with Crippen molar-refractivity contribution in [2.75, 3.05) is 0 Å². The Morgan fingerprint density at radius 1 is 1.36 bits per heavy atom. The molecule has 2 aromatic heterocycles. The van der Waals surface area contributed by atoms with Gasteiger partial charge in [-0.1, -0.05) is 20.8 Å². The molecule has 0 unspecified atom stereocenters. The predicted octanol–water partition coefficient (Wildman–Crippen LogP) is 2.46. The smallest absolute Gasteiger partial charge is 0.354 e. The van der Waals surface area contributed by atoms with Gasteiger partial charge in [0.05, 0.1) is 12.2 Å². The van der Waals surface area contributed by atoms with Crippen molar-refractivity contribution in [3.63, 3.8) is 0 Å². The molecule has 0 aliphatic heterocycles. The molecule has 2 aromatic rings. The fourth-order valence-corrected chi connectivity index (χ4v) is 2.64. The van der Waals surface area contributed by atoms with Crippen molar-refractivity contribution in [2.45, 2.75) is 32.7 Å². The molecule has 0 radical (unpaired) electrons. The van der Waals surface area contributed by atoms with E-state index in [2.05, 4.69) is 36.1 Å². The maximum absolute atomic E-state index is 12.0. The summed E-state index contributed by atoms with van der Waals surface area (Å²) in [4.78, 5) is 31.1. The zero-order valence-electron chi connectivity index (χ0n) is 12.6. The van der Waals surface area contributed by atoms with Gasteiger partial charge in [-0.05, 0) is 12.1 Å². The first-order valence-corrected chi connectivity index (χ1v) is 7.58. The third-order valence-corrected chi connectivity index (χ3v) is 3.81. The largest absolute Gasteiger partial charge is 0.477 e. The van der Waals surface area contributed by atoms with Gasteiger partial charge < -0.3 is 10.4 Å². The van der Waals surface area contributed by atoms with E-state index < -0.39 is 5.97 Å². The summed E-state index contributed by atoms with van der Waals surface area (Å²) >= 11 is 1.49. The van der Waals surface area contributed by atoms with Gasteiger partial charge in [0, 0.05) is 22.6 Å². The number of rotatable bonds is 4. The van der Waals surface area contributed by atoms with Crippen LogP contribution in [0.15, 0.2) is 23.7 Å². The molecule has 22 heavy (non-hydrogen) atoms. The minimum atomic E-state index is -1.16. The van der Waals surface area contributed by atoms with Crippen LogP contribution in [-0.2, 0) is 12.0 Å². The molecular formula is C15H17N3O3S. The highest BCUT2D eigenvalue weighted by Crippen LogP contribution is 2.23. The van der Waals surface area contributed by atoms with Crippen LogP contribution < -0.4 is 5.32 Å². The van der Waals surface area contributed by atoms with E-state index >= 15 is 0 Å². The molecule has 2 N–H and O–H groups in total. The summed E-state index contributed by atoms with van der Waals surface area (Å²) in [6.45, 7) is 6.54. The molecule has 0 aliphatic carbocycles. The van der Waals surface area contributed by atoms with Crippen LogP contribution in [0.25, 0.3) is 0 Å². The van der Waals surface area contributed by atoms with E-state index in [-0.39, 0.29) is 22.6 Å². The third kappa shape index (κ3) is 3.88. The molecule has 0 aromatic carbocycles. The van der Waals surface area contributed by atoms with Crippen molar-refractivity contribution in [3.8, 4) is 0 Å². The summed E-state index contributed by atoms with van der Waals surface area (Å²) in [5.74, 6) is -1.51. The Hall–Kier alpha value is -2.28. The zero-order valence-corrected chi connectivity index (χ0v) is 13.4. The Bertz CT molecular complexity index is 704. The number of aromatic carboxylic acids is 1. The van der Waals surface area contributed by atoms with Crippen LogP contribution >= 0.6 is 11.3 Å². The van der Waals surface area contributed by atoms with Crippen LogP contribution in [0.4, 0.5) is 0 Å². The van der Waals surface area contributed by atoms with Gasteiger partial charge in [-0.2, -0.15) is 0 Å². The SMILES string of the molecule is CC(C)(C)c1csc(CNC(=O)c2ccnc(C(=O)O)c2)n1. The van der Waals surface area contributed by atoms with Crippen molar-refractivity contribution >= 4 is 23.2 Å². The van der Waals surface area contributed by atoms with Crippen molar-refractivity contribution < 1.29 is 14.7 Å². The first-order chi connectivity index (χ1) is 10.3. The number of hydrogen-bond donors (Lipinski definition) is 2. The lowest BCUT2D eigenvalue weighted by atomic mass is 9.93. The van der Waals surface area contributed by atoms with Gasteiger partial charge in [-0.15, -0.1) is 11.3 Å². The molecule has 0 spiro atoms. The molecule has 0 saturated carbocycles. The molecule has 6 nitrogen and oxygen atoms in total. The number of thiazole rings is 1. The van der Waals surface area contributed by atoms with E-state index in [9.17, 15) is 9.59 Å². The second-order valence-electron chi connectivity index (χ2n) is 5.79. The average Bonchev–Trinajstić information content (AvgIpc) is 2.94. The van der Waals surface area contributed by atoms with Crippen LogP contribution in [0, 0.1) is 0 Å². The van der Waals surface area contributed by atoms with E-state index in [1.54, 1.807) is 0 Å². The Morgan fingerprint density at radius 2 is 2.09 bits per heavy atom. The number of carbonyl (C=O) groups excluding carboxylic acids is 1. The molecule has 0 atom stereocenters. The highest BCUT2D eigenvalue weighted by molar-refractivity contribution is 7.09. The second-order valence-corrected chi connectivity index (χ2v) is 6.74. The normalized spacial score (nSPS) is 11.2. The topological polar surface area (TPSA) is 92.2 Å². The zero-order chi connectivity index (χ0) is 16.3. The minimum Gasteiger partial charge on any atom is -0.477 e. The third-order valence-electron chi connectivity index (χ3n) is 2.96. The summed E-state index contributed by atoms with van der Waals surface area (Å²) in [6, 6.07) is 2.73. The quantitative estimate of drug-likeness (QED) is 0.903. The van der Waals surface area contributed by atoms with Crippen LogP contribution in [0.1, 0.15) is 52.3 Å². The van der Waals surface area contributed by atoms with Crippen LogP contribution in [0.3, 0.4) is 0 Å². The van der Waals surface area contributed by atoms with Crippen molar-refractivity contribution in [1.82, 2.24) is 15.3 Å². The van der Waals surface area contributed by atoms with Gasteiger partial charge in [0.25, 0.3) is 5.91 Å². The van der Waals surface area contributed by atoms with Crippen molar-refractivity contribution in [2.24, 2.45) is 0 Å². The number of nitrogens with zero attached hydrogens (tertiary/aromatic N) is 2. The van der Waals surface area contributed by atoms with Crippen molar-refractivity contribution in [1.29, 1.82) is 0 Å². The maximum Gasteiger partial charge on any atom is 0.354 e. The highest BCUT2D eigenvalue weighted by atomic mass is 32.1. The van der Waals surface area contributed by atoms with Gasteiger partial charge in [0.15, 0.2) is 0 Å². The van der Waals surface area contributed by atoms with Gasteiger partial charge in [-0.3, -0.25) is 4.79 Å². The molecule has 2 rings (SSSR count). The first kappa shape index (κ1) is 16.1. The fourth-order valence-electron chi connectivity index (χ4n) is 1.68. The van der Waals surface area contributed by atoms with E-state index in [1.165, 1.54) is 29.7 Å². The first-order valence-electron chi connectivity index (χ1n) is 6.70. The summed E-state index contributed by atoms with van der Waals surface area (Å²) in [7, 11) is 0. The number of amides is 1. The van der Waals surface area contributed by atoms with Gasteiger partial charge >= 0.3 is 5.97 Å². The summed E-state index contributed by atoms with van der Waals surface area (Å²) in [5, 5.41) is 14.4. The molecule has 0 aliphatic rings. The predicted molar refractivity (Wildman–Crippen MR) is 83.2 cm³/mol. The van der Waals surface area contributed by atoms with Gasteiger partial charge in [-0.25, -0.2) is 14.8 Å². The maximum atomic E-state index is 12.0. The number of hydrogen-bond acceptors (Lipinski definition) is 5. The van der Waals surface area contributed by atoms with Crippen LogP contribution in [0.5, 0.6) is 0 Å². The van der Waals surface area contributed by atoms with Crippen molar-refractivity contribution in [3.05, 3.63) is 45.7 Å². The number of carbonyl (C=O) groups is 2. The van der Waals surface area contributed by atoms with Crippen LogP contribution in [-0.4, -0.2) is 27.0 Å². The lowest BCUT2D eigenvalue weighted by molar-refractivity contribution is 0.0690. The molecule has 116 valence electrons.